The van der Waals surface area contributed by atoms with E-state index < -0.39 is 29.1 Å². The van der Waals surface area contributed by atoms with E-state index in [0.29, 0.717) is 18.7 Å². The number of rotatable bonds is 1. The molecule has 23 heavy (non-hydrogen) atoms. The molecule has 0 aliphatic carbocycles. The molecule has 0 saturated carbocycles. The molecule has 0 spiro atoms. The van der Waals surface area contributed by atoms with Crippen LogP contribution in [0.2, 0.25) is 0 Å². The molecule has 0 aromatic heterocycles. The molecule has 0 radical (unpaired) electrons. The van der Waals surface area contributed by atoms with Crippen LogP contribution in [0, 0.1) is 23.4 Å². The zero-order valence-electron chi connectivity index (χ0n) is 13.6. The fourth-order valence-corrected chi connectivity index (χ4v) is 2.37. The normalized spacial score (nSPS) is 18.7. The van der Waals surface area contributed by atoms with Crippen LogP contribution in [0.1, 0.15) is 39.7 Å². The van der Waals surface area contributed by atoms with Crippen LogP contribution in [0.4, 0.5) is 18.0 Å². The fraction of sp³-hybridized carbons (Fsp3) is 0.471. The van der Waals surface area contributed by atoms with E-state index in [-0.39, 0.29) is 11.5 Å². The van der Waals surface area contributed by atoms with Crippen LogP contribution >= 0.6 is 0 Å². The van der Waals surface area contributed by atoms with Gasteiger partial charge in [-0.3, -0.25) is 4.90 Å². The van der Waals surface area contributed by atoms with Gasteiger partial charge in [0.05, 0.1) is 5.70 Å². The zero-order valence-corrected chi connectivity index (χ0v) is 13.6. The van der Waals surface area contributed by atoms with E-state index in [1.165, 1.54) is 4.90 Å². The molecule has 1 atom stereocenters. The minimum atomic E-state index is -1.53. The largest absolute Gasteiger partial charge is 0.443 e. The lowest BCUT2D eigenvalue weighted by atomic mass is 9.98. The highest BCUT2D eigenvalue weighted by Gasteiger charge is 2.30. The van der Waals surface area contributed by atoms with Crippen molar-refractivity contribution in [3.8, 4) is 0 Å². The summed E-state index contributed by atoms with van der Waals surface area (Å²) < 4.78 is 45.5. The number of hydrogen-bond donors (Lipinski definition) is 0. The first-order valence-electron chi connectivity index (χ1n) is 7.44. The molecular weight excluding hydrogens is 307 g/mol. The van der Waals surface area contributed by atoms with E-state index in [9.17, 15) is 18.0 Å². The van der Waals surface area contributed by atoms with Gasteiger partial charge < -0.3 is 4.74 Å². The molecule has 3 nitrogen and oxygen atoms in total. The van der Waals surface area contributed by atoms with E-state index in [2.05, 4.69) is 0 Å². The zero-order chi connectivity index (χ0) is 17.4. The van der Waals surface area contributed by atoms with Crippen LogP contribution in [0.15, 0.2) is 18.2 Å². The van der Waals surface area contributed by atoms with Gasteiger partial charge in [-0.15, -0.1) is 0 Å². The molecule has 1 aliphatic heterocycles. The van der Waals surface area contributed by atoms with Gasteiger partial charge in [0.15, 0.2) is 17.5 Å². The smallest absolute Gasteiger partial charge is 0.414 e. The SMILES string of the molecule is CC1CC=C(c2cc(F)c(F)c(F)c2)N(C(=O)OC(C)(C)C)C1. The minimum absolute atomic E-state index is 0.110. The van der Waals surface area contributed by atoms with Crippen LogP contribution in [-0.4, -0.2) is 23.1 Å². The molecule has 0 bridgehead atoms. The number of nitrogens with zero attached hydrogens (tertiary/aromatic N) is 1. The Morgan fingerprint density at radius 2 is 1.78 bits per heavy atom. The number of hydrogen-bond acceptors (Lipinski definition) is 2. The molecule has 1 aromatic rings. The summed E-state index contributed by atoms with van der Waals surface area (Å²) in [5.41, 5.74) is -0.253. The summed E-state index contributed by atoms with van der Waals surface area (Å²) >= 11 is 0. The number of benzene rings is 1. The van der Waals surface area contributed by atoms with Gasteiger partial charge >= 0.3 is 6.09 Å². The average molecular weight is 327 g/mol. The first-order chi connectivity index (χ1) is 10.6. The van der Waals surface area contributed by atoms with E-state index in [0.717, 1.165) is 12.1 Å². The monoisotopic (exact) mass is 327 g/mol. The molecule has 1 unspecified atom stereocenters. The maximum atomic E-state index is 13.5. The minimum Gasteiger partial charge on any atom is -0.443 e. The van der Waals surface area contributed by atoms with Gasteiger partial charge in [0.25, 0.3) is 0 Å². The van der Waals surface area contributed by atoms with Crippen molar-refractivity contribution in [2.75, 3.05) is 6.54 Å². The number of halogens is 3. The van der Waals surface area contributed by atoms with Gasteiger partial charge in [-0.05, 0) is 45.2 Å². The highest BCUT2D eigenvalue weighted by Crippen LogP contribution is 2.30. The molecule has 0 N–H and O–H groups in total. The number of allylic oxidation sites excluding steroid dienone is 1. The summed E-state index contributed by atoms with van der Waals surface area (Å²) in [6, 6.07) is 1.77. The van der Waals surface area contributed by atoms with Crippen molar-refractivity contribution in [3.05, 3.63) is 41.2 Å². The maximum absolute atomic E-state index is 13.5. The van der Waals surface area contributed by atoms with Crippen LogP contribution in [-0.2, 0) is 4.74 Å². The van der Waals surface area contributed by atoms with Crippen molar-refractivity contribution in [2.45, 2.75) is 39.7 Å². The quantitative estimate of drug-likeness (QED) is 0.698. The summed E-state index contributed by atoms with van der Waals surface area (Å²) in [5.74, 6) is -3.92. The third-order valence-electron chi connectivity index (χ3n) is 3.39. The molecule has 1 amide bonds. The first-order valence-corrected chi connectivity index (χ1v) is 7.44. The molecule has 126 valence electrons. The maximum Gasteiger partial charge on any atom is 0.414 e. The van der Waals surface area contributed by atoms with Crippen molar-refractivity contribution >= 4 is 11.8 Å². The van der Waals surface area contributed by atoms with Crippen LogP contribution in [0.5, 0.6) is 0 Å². The van der Waals surface area contributed by atoms with Crippen molar-refractivity contribution in [3.63, 3.8) is 0 Å². The van der Waals surface area contributed by atoms with E-state index in [1.807, 2.05) is 6.92 Å². The van der Waals surface area contributed by atoms with Crippen LogP contribution in [0.3, 0.4) is 0 Å². The highest BCUT2D eigenvalue weighted by molar-refractivity contribution is 5.83. The molecule has 1 heterocycles. The summed E-state index contributed by atoms with van der Waals surface area (Å²) in [6.45, 7) is 7.52. The standard InChI is InChI=1S/C17H20F3NO2/c1-10-5-6-14(11-7-12(18)15(20)13(19)8-11)21(9-10)16(22)23-17(2,3)4/h6-8,10H,5,9H2,1-4H3. The Kier molecular flexibility index (Phi) is 4.73. The lowest BCUT2D eigenvalue weighted by molar-refractivity contribution is 0.0327. The van der Waals surface area contributed by atoms with E-state index in [4.69, 9.17) is 4.74 Å². The van der Waals surface area contributed by atoms with E-state index >= 15 is 0 Å². The molecule has 1 aromatic carbocycles. The number of carbonyl (C=O) groups excluding carboxylic acids is 1. The lowest BCUT2D eigenvalue weighted by Crippen LogP contribution is -2.39. The summed E-state index contributed by atoms with van der Waals surface area (Å²) in [4.78, 5) is 13.7. The Bertz CT molecular complexity index is 627. The van der Waals surface area contributed by atoms with Gasteiger partial charge in [0.2, 0.25) is 0 Å². The van der Waals surface area contributed by atoms with Crippen molar-refractivity contribution in [1.82, 2.24) is 4.90 Å². The molecule has 1 aliphatic rings. The fourth-order valence-electron chi connectivity index (χ4n) is 2.37. The Morgan fingerprint density at radius 3 is 2.30 bits per heavy atom. The summed E-state index contributed by atoms with van der Waals surface area (Å²) in [6.07, 6.45) is 1.76. The molecule has 0 fully saturated rings. The van der Waals surface area contributed by atoms with Crippen LogP contribution < -0.4 is 0 Å². The summed E-state index contributed by atoms with van der Waals surface area (Å²) in [7, 11) is 0. The van der Waals surface area contributed by atoms with Gasteiger partial charge in [-0.25, -0.2) is 18.0 Å². The molecular formula is C17H20F3NO2. The second-order valence-corrected chi connectivity index (χ2v) is 6.78. The Hall–Kier alpha value is -1.98. The van der Waals surface area contributed by atoms with Gasteiger partial charge in [-0.1, -0.05) is 13.0 Å². The number of ether oxygens (including phenoxy) is 1. The van der Waals surface area contributed by atoms with Crippen molar-refractivity contribution < 1.29 is 22.7 Å². The topological polar surface area (TPSA) is 29.5 Å². The molecule has 0 saturated heterocycles. The van der Waals surface area contributed by atoms with Crippen molar-refractivity contribution in [1.29, 1.82) is 0 Å². The average Bonchev–Trinajstić information content (AvgIpc) is 2.42. The number of carbonyl (C=O) groups is 1. The Labute approximate surface area is 133 Å². The highest BCUT2D eigenvalue weighted by atomic mass is 19.2. The second kappa shape index (κ2) is 6.26. The predicted octanol–water partition coefficient (Wildman–Crippen LogP) is 4.72. The van der Waals surface area contributed by atoms with Gasteiger partial charge in [-0.2, -0.15) is 0 Å². The van der Waals surface area contributed by atoms with Crippen molar-refractivity contribution in [2.24, 2.45) is 5.92 Å². The molecule has 2 rings (SSSR count). The third kappa shape index (κ3) is 4.06. The van der Waals surface area contributed by atoms with Gasteiger partial charge in [0, 0.05) is 12.1 Å². The first kappa shape index (κ1) is 17.4. The lowest BCUT2D eigenvalue weighted by Gasteiger charge is -2.34. The second-order valence-electron chi connectivity index (χ2n) is 6.78. The van der Waals surface area contributed by atoms with Crippen LogP contribution in [0.25, 0.3) is 5.70 Å². The number of amides is 1. The van der Waals surface area contributed by atoms with Gasteiger partial charge in [0.1, 0.15) is 5.60 Å². The predicted molar refractivity (Wildman–Crippen MR) is 81.0 cm³/mol. The molecule has 6 heteroatoms. The Morgan fingerprint density at radius 1 is 1.22 bits per heavy atom. The van der Waals surface area contributed by atoms with E-state index in [1.54, 1.807) is 26.8 Å². The summed E-state index contributed by atoms with van der Waals surface area (Å²) in [5, 5.41) is 0. The Balaban J connectivity index is 2.39. The third-order valence-corrected chi connectivity index (χ3v) is 3.39.